The van der Waals surface area contributed by atoms with Crippen molar-refractivity contribution < 1.29 is 0 Å². The van der Waals surface area contributed by atoms with Crippen LogP contribution >= 0.6 is 0 Å². The molecular formula is C16H32N2. The summed E-state index contributed by atoms with van der Waals surface area (Å²) in [6.45, 7) is 14.4. The number of hydrogen-bond acceptors (Lipinski definition) is 2. The molecule has 0 bridgehead atoms. The number of hydrogen-bond donors (Lipinski definition) is 1. The van der Waals surface area contributed by atoms with Gasteiger partial charge in [-0.05, 0) is 52.4 Å². The van der Waals surface area contributed by atoms with Crippen LogP contribution in [0.4, 0.5) is 0 Å². The van der Waals surface area contributed by atoms with Crippen molar-refractivity contribution in [1.29, 1.82) is 0 Å². The first-order valence-corrected chi connectivity index (χ1v) is 7.94. The first-order valence-electron chi connectivity index (χ1n) is 7.94. The normalized spacial score (nSPS) is 34.8. The second kappa shape index (κ2) is 5.13. The molecule has 18 heavy (non-hydrogen) atoms. The Morgan fingerprint density at radius 3 is 2.44 bits per heavy atom. The lowest BCUT2D eigenvalue weighted by molar-refractivity contribution is -0.00784. The van der Waals surface area contributed by atoms with Gasteiger partial charge >= 0.3 is 0 Å². The van der Waals surface area contributed by atoms with Gasteiger partial charge in [0.15, 0.2) is 0 Å². The van der Waals surface area contributed by atoms with Crippen LogP contribution in [0.15, 0.2) is 0 Å². The van der Waals surface area contributed by atoms with E-state index in [0.717, 1.165) is 12.0 Å². The van der Waals surface area contributed by atoms with Crippen molar-refractivity contribution in [2.75, 3.05) is 13.1 Å². The Kier molecular flexibility index (Phi) is 4.08. The summed E-state index contributed by atoms with van der Waals surface area (Å²) in [5.74, 6) is 0.926. The summed E-state index contributed by atoms with van der Waals surface area (Å²) >= 11 is 0. The van der Waals surface area contributed by atoms with Crippen LogP contribution in [-0.4, -0.2) is 35.1 Å². The molecule has 0 amide bonds. The molecule has 106 valence electrons. The molecule has 1 aliphatic heterocycles. The first kappa shape index (κ1) is 14.3. The molecule has 0 spiro atoms. The number of rotatable bonds is 5. The molecular weight excluding hydrogens is 220 g/mol. The van der Waals surface area contributed by atoms with Crippen LogP contribution in [0, 0.1) is 5.92 Å². The molecule has 2 atom stereocenters. The van der Waals surface area contributed by atoms with Crippen molar-refractivity contribution in [3.63, 3.8) is 0 Å². The summed E-state index contributed by atoms with van der Waals surface area (Å²) in [5, 5.41) is 3.86. The van der Waals surface area contributed by atoms with Crippen LogP contribution in [0.1, 0.15) is 66.7 Å². The zero-order chi connectivity index (χ0) is 13.4. The fraction of sp³-hybridized carbons (Fsp3) is 1.00. The zero-order valence-corrected chi connectivity index (χ0v) is 13.1. The lowest BCUT2D eigenvalue weighted by Gasteiger charge is -2.53. The van der Waals surface area contributed by atoms with Crippen molar-refractivity contribution >= 4 is 0 Å². The maximum Gasteiger partial charge on any atom is 0.0309 e. The fourth-order valence-corrected chi connectivity index (χ4v) is 3.82. The van der Waals surface area contributed by atoms with Gasteiger partial charge < -0.3 is 5.32 Å². The molecule has 0 aromatic carbocycles. The minimum absolute atomic E-state index is 0.355. The Bertz CT molecular complexity index is 283. The Morgan fingerprint density at radius 1 is 1.28 bits per heavy atom. The molecule has 0 aromatic rings. The van der Waals surface area contributed by atoms with Gasteiger partial charge in [0.05, 0.1) is 0 Å². The van der Waals surface area contributed by atoms with Gasteiger partial charge in [-0.25, -0.2) is 0 Å². The van der Waals surface area contributed by atoms with Gasteiger partial charge in [0.25, 0.3) is 0 Å². The van der Waals surface area contributed by atoms with Crippen molar-refractivity contribution in [1.82, 2.24) is 10.2 Å². The minimum atomic E-state index is 0.355. The van der Waals surface area contributed by atoms with E-state index in [1.54, 1.807) is 0 Å². The van der Waals surface area contributed by atoms with Gasteiger partial charge in [-0.1, -0.05) is 20.3 Å². The Hall–Kier alpha value is -0.0800. The third kappa shape index (κ3) is 2.75. The average molecular weight is 252 g/mol. The summed E-state index contributed by atoms with van der Waals surface area (Å²) in [6, 6.07) is 0.721. The summed E-state index contributed by atoms with van der Waals surface area (Å²) < 4.78 is 0. The van der Waals surface area contributed by atoms with Gasteiger partial charge in [0, 0.05) is 30.2 Å². The van der Waals surface area contributed by atoms with Crippen LogP contribution in [0.2, 0.25) is 0 Å². The largest absolute Gasteiger partial charge is 0.308 e. The molecule has 1 aliphatic carbocycles. The minimum Gasteiger partial charge on any atom is -0.308 e. The highest BCUT2D eigenvalue weighted by molar-refractivity contribution is 5.06. The molecule has 2 nitrogen and oxygen atoms in total. The van der Waals surface area contributed by atoms with E-state index in [-0.39, 0.29) is 0 Å². The molecule has 2 heteroatoms. The lowest BCUT2D eigenvalue weighted by atomic mass is 9.85. The standard InChI is InChI=1S/C16H32N2/c1-6-10-15(3,4)18-12-16(5,13-8-9-13)17-11-14(18)7-2/h13-14,17H,6-12H2,1-5H3. The van der Waals surface area contributed by atoms with Gasteiger partial charge in [0.2, 0.25) is 0 Å². The summed E-state index contributed by atoms with van der Waals surface area (Å²) in [7, 11) is 0. The third-order valence-corrected chi connectivity index (χ3v) is 5.27. The molecule has 1 saturated heterocycles. The van der Waals surface area contributed by atoms with E-state index in [0.29, 0.717) is 11.1 Å². The molecule has 1 saturated carbocycles. The van der Waals surface area contributed by atoms with Crippen molar-refractivity contribution in [2.24, 2.45) is 5.92 Å². The van der Waals surface area contributed by atoms with Crippen molar-refractivity contribution in [3.05, 3.63) is 0 Å². The third-order valence-electron chi connectivity index (χ3n) is 5.27. The average Bonchev–Trinajstić information content (AvgIpc) is 3.13. The van der Waals surface area contributed by atoms with Gasteiger partial charge in [-0.2, -0.15) is 0 Å². The SMILES string of the molecule is CCCC(C)(C)N1CC(C)(C2CC2)NCC1CC. The molecule has 2 rings (SSSR count). The maximum absolute atomic E-state index is 3.86. The molecule has 2 fully saturated rings. The topological polar surface area (TPSA) is 15.3 Å². The molecule has 0 radical (unpaired) electrons. The van der Waals surface area contributed by atoms with Crippen molar-refractivity contribution in [3.8, 4) is 0 Å². The number of nitrogens with zero attached hydrogens (tertiary/aromatic N) is 1. The van der Waals surface area contributed by atoms with Crippen molar-refractivity contribution in [2.45, 2.75) is 83.8 Å². The maximum atomic E-state index is 3.86. The van der Waals surface area contributed by atoms with Gasteiger partial charge in [-0.15, -0.1) is 0 Å². The van der Waals surface area contributed by atoms with E-state index in [9.17, 15) is 0 Å². The molecule has 2 aliphatic rings. The number of nitrogens with one attached hydrogen (secondary N) is 1. The number of piperazine rings is 1. The van der Waals surface area contributed by atoms with Crippen LogP contribution in [0.5, 0.6) is 0 Å². The second-order valence-corrected chi connectivity index (χ2v) is 7.33. The first-order chi connectivity index (χ1) is 8.43. The van der Waals surface area contributed by atoms with Gasteiger partial charge in [-0.3, -0.25) is 4.90 Å². The van der Waals surface area contributed by atoms with Crippen LogP contribution < -0.4 is 5.32 Å². The summed E-state index contributed by atoms with van der Waals surface area (Å²) in [6.07, 6.45) is 6.73. The monoisotopic (exact) mass is 252 g/mol. The Balaban J connectivity index is 2.12. The quantitative estimate of drug-likeness (QED) is 0.806. The zero-order valence-electron chi connectivity index (χ0n) is 13.1. The smallest absolute Gasteiger partial charge is 0.0309 e. The Labute approximate surface area is 114 Å². The molecule has 0 aromatic heterocycles. The predicted molar refractivity (Wildman–Crippen MR) is 78.9 cm³/mol. The van der Waals surface area contributed by atoms with Crippen LogP contribution in [0.25, 0.3) is 0 Å². The van der Waals surface area contributed by atoms with Gasteiger partial charge in [0.1, 0.15) is 0 Å². The second-order valence-electron chi connectivity index (χ2n) is 7.33. The Morgan fingerprint density at radius 2 is 1.94 bits per heavy atom. The van der Waals surface area contributed by atoms with E-state index < -0.39 is 0 Å². The highest BCUT2D eigenvalue weighted by Gasteiger charge is 2.48. The highest BCUT2D eigenvalue weighted by atomic mass is 15.3. The molecule has 1 N–H and O–H groups in total. The van der Waals surface area contributed by atoms with E-state index in [1.807, 2.05) is 0 Å². The van der Waals surface area contributed by atoms with Crippen LogP contribution in [-0.2, 0) is 0 Å². The van der Waals surface area contributed by atoms with Crippen LogP contribution in [0.3, 0.4) is 0 Å². The van der Waals surface area contributed by atoms with E-state index in [2.05, 4.69) is 44.8 Å². The van der Waals surface area contributed by atoms with E-state index in [1.165, 1.54) is 45.2 Å². The molecule has 1 heterocycles. The summed E-state index contributed by atoms with van der Waals surface area (Å²) in [5.41, 5.74) is 0.727. The van der Waals surface area contributed by atoms with E-state index in [4.69, 9.17) is 0 Å². The lowest BCUT2D eigenvalue weighted by Crippen LogP contribution is -2.68. The predicted octanol–water partition coefficient (Wildman–Crippen LogP) is 3.42. The van der Waals surface area contributed by atoms with E-state index >= 15 is 0 Å². The highest BCUT2D eigenvalue weighted by Crippen LogP contribution is 2.43. The fourth-order valence-electron chi connectivity index (χ4n) is 3.82. The molecule has 2 unspecified atom stereocenters. The summed E-state index contributed by atoms with van der Waals surface area (Å²) in [4.78, 5) is 2.81.